The number of carbonyl (C=O) groups is 1. The van der Waals surface area contributed by atoms with E-state index in [1.165, 1.54) is 6.07 Å². The molecule has 0 saturated carbocycles. The lowest BCUT2D eigenvalue weighted by Crippen LogP contribution is -2.04. The molecule has 0 unspecified atom stereocenters. The summed E-state index contributed by atoms with van der Waals surface area (Å²) in [6.45, 7) is 0. The highest BCUT2D eigenvalue weighted by atomic mass is 35.5. The van der Waals surface area contributed by atoms with Gasteiger partial charge in [0.2, 0.25) is 0 Å². The van der Waals surface area contributed by atoms with Crippen LogP contribution in [0.25, 0.3) is 0 Å². The number of carboxylic acids is 1. The van der Waals surface area contributed by atoms with Crippen LogP contribution in [-0.4, -0.2) is 16.0 Å². The molecule has 2 aromatic carbocycles. The summed E-state index contributed by atoms with van der Waals surface area (Å²) in [7, 11) is 0. The molecular formula is C13H8ClFN2O4. The van der Waals surface area contributed by atoms with Gasteiger partial charge in [-0.3, -0.25) is 10.1 Å². The second-order valence-corrected chi connectivity index (χ2v) is 4.51. The van der Waals surface area contributed by atoms with Crippen molar-refractivity contribution >= 4 is 34.6 Å². The van der Waals surface area contributed by atoms with Crippen molar-refractivity contribution in [3.8, 4) is 0 Å². The van der Waals surface area contributed by atoms with E-state index in [-0.39, 0.29) is 27.6 Å². The molecule has 0 amide bonds. The molecule has 0 aliphatic heterocycles. The maximum absolute atomic E-state index is 13.2. The van der Waals surface area contributed by atoms with E-state index in [0.717, 1.165) is 30.3 Å². The van der Waals surface area contributed by atoms with E-state index < -0.39 is 16.7 Å². The van der Waals surface area contributed by atoms with Crippen molar-refractivity contribution in [3.63, 3.8) is 0 Å². The van der Waals surface area contributed by atoms with Crippen molar-refractivity contribution in [2.24, 2.45) is 0 Å². The molecule has 21 heavy (non-hydrogen) atoms. The van der Waals surface area contributed by atoms with Crippen LogP contribution in [0.4, 0.5) is 21.5 Å². The Morgan fingerprint density at radius 2 is 2.00 bits per heavy atom. The minimum atomic E-state index is -1.27. The quantitative estimate of drug-likeness (QED) is 0.661. The highest BCUT2D eigenvalue weighted by molar-refractivity contribution is 6.30. The van der Waals surface area contributed by atoms with Crippen LogP contribution < -0.4 is 5.32 Å². The molecule has 8 heteroatoms. The number of aromatic carboxylic acids is 1. The minimum Gasteiger partial charge on any atom is -0.478 e. The van der Waals surface area contributed by atoms with E-state index in [1.807, 2.05) is 0 Å². The number of benzene rings is 2. The number of carboxylic acid groups (broad SMARTS) is 1. The lowest BCUT2D eigenvalue weighted by molar-refractivity contribution is -0.384. The molecule has 6 nitrogen and oxygen atoms in total. The van der Waals surface area contributed by atoms with Crippen LogP contribution in [0.15, 0.2) is 36.4 Å². The van der Waals surface area contributed by atoms with Crippen LogP contribution in [0.2, 0.25) is 5.02 Å². The number of nitrogens with zero attached hydrogens (tertiary/aromatic N) is 1. The molecule has 0 aliphatic rings. The van der Waals surface area contributed by atoms with Crippen LogP contribution in [0.5, 0.6) is 0 Å². The number of rotatable bonds is 4. The van der Waals surface area contributed by atoms with Gasteiger partial charge in [0, 0.05) is 22.8 Å². The molecule has 0 spiro atoms. The Labute approximate surface area is 122 Å². The smallest absolute Gasteiger partial charge is 0.337 e. The molecule has 0 bridgehead atoms. The zero-order valence-corrected chi connectivity index (χ0v) is 11.1. The number of nitro groups is 1. The Morgan fingerprint density at radius 1 is 1.29 bits per heavy atom. The van der Waals surface area contributed by atoms with Gasteiger partial charge in [0.15, 0.2) is 0 Å². The van der Waals surface area contributed by atoms with Crippen LogP contribution in [0, 0.1) is 15.9 Å². The van der Waals surface area contributed by atoms with Gasteiger partial charge in [0.05, 0.1) is 16.2 Å². The van der Waals surface area contributed by atoms with Crippen LogP contribution >= 0.6 is 11.6 Å². The minimum absolute atomic E-state index is 0.0293. The molecule has 0 aromatic heterocycles. The first-order chi connectivity index (χ1) is 9.86. The normalized spacial score (nSPS) is 10.2. The summed E-state index contributed by atoms with van der Waals surface area (Å²) in [6, 6.07) is 6.78. The summed E-state index contributed by atoms with van der Waals surface area (Å²) in [6.07, 6.45) is 0. The van der Waals surface area contributed by atoms with Crippen molar-refractivity contribution < 1.29 is 19.2 Å². The average Bonchev–Trinajstić information content (AvgIpc) is 2.36. The fourth-order valence-electron chi connectivity index (χ4n) is 1.72. The van der Waals surface area contributed by atoms with Crippen LogP contribution in [0.1, 0.15) is 10.4 Å². The van der Waals surface area contributed by atoms with Gasteiger partial charge in [-0.2, -0.15) is 0 Å². The predicted molar refractivity (Wildman–Crippen MR) is 74.7 cm³/mol. The molecule has 0 aliphatic carbocycles. The second-order valence-electron chi connectivity index (χ2n) is 4.08. The number of nitrogens with one attached hydrogen (secondary N) is 1. The molecule has 0 atom stereocenters. The Morgan fingerprint density at radius 3 is 2.57 bits per heavy atom. The standard InChI is InChI=1S/C13H8ClFN2O4/c14-7-3-8(15)5-9(4-7)16-12-6-10(17(20)21)1-2-11(12)13(18)19/h1-6,16H,(H,18,19). The van der Waals surface area contributed by atoms with Crippen LogP contribution in [-0.2, 0) is 0 Å². The summed E-state index contributed by atoms with van der Waals surface area (Å²) < 4.78 is 13.2. The maximum Gasteiger partial charge on any atom is 0.337 e. The van der Waals surface area contributed by atoms with E-state index in [1.54, 1.807) is 0 Å². The molecule has 0 fully saturated rings. The molecule has 2 rings (SSSR count). The largest absolute Gasteiger partial charge is 0.478 e. The van der Waals surface area contributed by atoms with Crippen molar-refractivity contribution in [3.05, 3.63) is 62.9 Å². The fraction of sp³-hybridized carbons (Fsp3) is 0. The third-order valence-electron chi connectivity index (χ3n) is 2.59. The lowest BCUT2D eigenvalue weighted by atomic mass is 10.1. The monoisotopic (exact) mass is 310 g/mol. The first-order valence-electron chi connectivity index (χ1n) is 5.61. The SMILES string of the molecule is O=C(O)c1ccc([N+](=O)[O-])cc1Nc1cc(F)cc(Cl)c1. The number of hydrogen-bond acceptors (Lipinski definition) is 4. The van der Waals surface area contributed by atoms with Gasteiger partial charge in [0.1, 0.15) is 5.82 Å². The molecule has 2 aromatic rings. The van der Waals surface area contributed by atoms with Gasteiger partial charge in [-0.05, 0) is 24.3 Å². The van der Waals surface area contributed by atoms with E-state index in [2.05, 4.69) is 5.32 Å². The predicted octanol–water partition coefficient (Wildman–Crippen LogP) is 3.83. The second kappa shape index (κ2) is 5.76. The third-order valence-corrected chi connectivity index (χ3v) is 2.80. The number of nitro benzene ring substituents is 1. The number of halogens is 2. The maximum atomic E-state index is 13.2. The first-order valence-corrected chi connectivity index (χ1v) is 5.99. The first kappa shape index (κ1) is 14.7. The van der Waals surface area contributed by atoms with Gasteiger partial charge in [0.25, 0.3) is 5.69 Å². The van der Waals surface area contributed by atoms with E-state index in [4.69, 9.17) is 16.7 Å². The van der Waals surface area contributed by atoms with Gasteiger partial charge in [-0.25, -0.2) is 9.18 Å². The number of non-ortho nitro benzene ring substituents is 1. The van der Waals surface area contributed by atoms with Gasteiger partial charge in [-0.15, -0.1) is 0 Å². The van der Waals surface area contributed by atoms with Crippen LogP contribution in [0.3, 0.4) is 0 Å². The zero-order valence-electron chi connectivity index (χ0n) is 10.3. The average molecular weight is 311 g/mol. The van der Waals surface area contributed by atoms with Gasteiger partial charge < -0.3 is 10.4 Å². The molecule has 0 heterocycles. The summed E-state index contributed by atoms with van der Waals surface area (Å²) in [4.78, 5) is 21.2. The molecule has 108 valence electrons. The Bertz CT molecular complexity index is 716. The zero-order chi connectivity index (χ0) is 15.6. The number of hydrogen-bond donors (Lipinski definition) is 2. The fourth-order valence-corrected chi connectivity index (χ4v) is 1.94. The summed E-state index contributed by atoms with van der Waals surface area (Å²) >= 11 is 5.70. The Balaban J connectivity index is 2.47. The molecular weight excluding hydrogens is 303 g/mol. The van der Waals surface area contributed by atoms with E-state index in [0.29, 0.717) is 0 Å². The van der Waals surface area contributed by atoms with Gasteiger partial charge >= 0.3 is 5.97 Å². The molecule has 0 saturated heterocycles. The van der Waals surface area contributed by atoms with Crippen molar-refractivity contribution in [1.82, 2.24) is 0 Å². The third kappa shape index (κ3) is 3.46. The molecule has 2 N–H and O–H groups in total. The highest BCUT2D eigenvalue weighted by Gasteiger charge is 2.16. The Kier molecular flexibility index (Phi) is 4.04. The van der Waals surface area contributed by atoms with E-state index >= 15 is 0 Å². The van der Waals surface area contributed by atoms with Crippen molar-refractivity contribution in [2.45, 2.75) is 0 Å². The summed E-state index contributed by atoms with van der Waals surface area (Å²) in [5, 5.41) is 22.5. The van der Waals surface area contributed by atoms with Crippen molar-refractivity contribution in [2.75, 3.05) is 5.32 Å². The van der Waals surface area contributed by atoms with Crippen molar-refractivity contribution in [1.29, 1.82) is 0 Å². The summed E-state index contributed by atoms with van der Waals surface area (Å²) in [5.41, 5.74) is -0.313. The summed E-state index contributed by atoms with van der Waals surface area (Å²) in [5.74, 6) is -1.89. The van der Waals surface area contributed by atoms with Gasteiger partial charge in [-0.1, -0.05) is 11.6 Å². The lowest BCUT2D eigenvalue weighted by Gasteiger charge is -2.10. The van der Waals surface area contributed by atoms with E-state index in [9.17, 15) is 19.3 Å². The Hall–Kier alpha value is -2.67. The molecule has 0 radical (unpaired) electrons. The topological polar surface area (TPSA) is 92.5 Å². The number of anilines is 2. The highest BCUT2D eigenvalue weighted by Crippen LogP contribution is 2.27.